The zero-order valence-electron chi connectivity index (χ0n) is 13.1. The predicted molar refractivity (Wildman–Crippen MR) is 83.5 cm³/mol. The SMILES string of the molecule is [K+].[c-]1ccc(-c2ccccc2)cc1OCCN1CCOCC1. The van der Waals surface area contributed by atoms with E-state index in [9.17, 15) is 0 Å². The molecule has 0 atom stereocenters. The molecule has 1 saturated heterocycles. The molecule has 0 N–H and O–H groups in total. The van der Waals surface area contributed by atoms with Gasteiger partial charge in [0.25, 0.3) is 0 Å². The van der Waals surface area contributed by atoms with E-state index in [4.69, 9.17) is 9.47 Å². The fourth-order valence-corrected chi connectivity index (χ4v) is 2.45. The van der Waals surface area contributed by atoms with Crippen molar-refractivity contribution in [3.8, 4) is 16.9 Å². The van der Waals surface area contributed by atoms with Crippen molar-refractivity contribution in [1.29, 1.82) is 0 Å². The molecule has 1 aliphatic rings. The number of benzene rings is 2. The molecule has 0 bridgehead atoms. The molecule has 4 heteroatoms. The van der Waals surface area contributed by atoms with Crippen LogP contribution in [0.25, 0.3) is 11.1 Å². The second-order valence-electron chi connectivity index (χ2n) is 5.11. The Balaban J connectivity index is 0.00000176. The van der Waals surface area contributed by atoms with Crippen LogP contribution in [0.2, 0.25) is 0 Å². The average Bonchev–Trinajstić information content (AvgIpc) is 2.57. The Labute approximate surface area is 175 Å². The van der Waals surface area contributed by atoms with Gasteiger partial charge in [-0.05, 0) is 5.56 Å². The van der Waals surface area contributed by atoms with Gasteiger partial charge >= 0.3 is 51.4 Å². The van der Waals surface area contributed by atoms with Crippen LogP contribution in [0.1, 0.15) is 0 Å². The van der Waals surface area contributed by atoms with Crippen LogP contribution in [-0.2, 0) is 4.74 Å². The van der Waals surface area contributed by atoms with E-state index in [1.165, 1.54) is 5.56 Å². The molecule has 22 heavy (non-hydrogen) atoms. The summed E-state index contributed by atoms with van der Waals surface area (Å²) >= 11 is 0. The van der Waals surface area contributed by atoms with Crippen LogP contribution in [0.4, 0.5) is 0 Å². The normalized spacial score (nSPS) is 15.1. The third-order valence-electron chi connectivity index (χ3n) is 3.65. The van der Waals surface area contributed by atoms with Crippen LogP contribution in [-0.4, -0.2) is 44.4 Å². The molecule has 2 aromatic rings. The Morgan fingerprint density at radius 1 is 1.05 bits per heavy atom. The van der Waals surface area contributed by atoms with Crippen LogP contribution in [0.5, 0.6) is 5.75 Å². The first-order valence-electron chi connectivity index (χ1n) is 7.42. The largest absolute Gasteiger partial charge is 1.00 e. The standard InChI is InChI=1S/C18H20NO2.K/c1-2-5-16(6-3-1)17-7-4-8-18(15-17)21-14-11-19-9-12-20-13-10-19;/h1-7,15H,9-14H2;/q-1;+1. The second kappa shape index (κ2) is 9.83. The van der Waals surface area contributed by atoms with E-state index in [1.807, 2.05) is 24.3 Å². The van der Waals surface area contributed by atoms with Crippen molar-refractivity contribution in [3.05, 3.63) is 54.6 Å². The maximum atomic E-state index is 5.83. The molecule has 1 heterocycles. The summed E-state index contributed by atoms with van der Waals surface area (Å²) < 4.78 is 11.2. The van der Waals surface area contributed by atoms with Crippen LogP contribution >= 0.6 is 0 Å². The molecule has 3 nitrogen and oxygen atoms in total. The van der Waals surface area contributed by atoms with Crippen LogP contribution in [0, 0.1) is 6.07 Å². The first-order valence-corrected chi connectivity index (χ1v) is 7.42. The zero-order valence-corrected chi connectivity index (χ0v) is 16.2. The third kappa shape index (κ3) is 5.46. The monoisotopic (exact) mass is 321 g/mol. The van der Waals surface area contributed by atoms with Crippen molar-refractivity contribution in [2.24, 2.45) is 0 Å². The fraction of sp³-hybridized carbons (Fsp3) is 0.333. The van der Waals surface area contributed by atoms with Crippen molar-refractivity contribution in [2.75, 3.05) is 39.5 Å². The van der Waals surface area contributed by atoms with E-state index < -0.39 is 0 Å². The molecule has 0 radical (unpaired) electrons. The quantitative estimate of drug-likeness (QED) is 0.566. The molecule has 0 unspecified atom stereocenters. The topological polar surface area (TPSA) is 21.7 Å². The minimum atomic E-state index is 0. The first kappa shape index (κ1) is 18.1. The van der Waals surface area contributed by atoms with Gasteiger partial charge in [-0.25, -0.2) is 0 Å². The maximum Gasteiger partial charge on any atom is 1.00 e. The van der Waals surface area contributed by atoms with E-state index in [0.29, 0.717) is 6.61 Å². The van der Waals surface area contributed by atoms with Crippen LogP contribution < -0.4 is 56.1 Å². The molecule has 110 valence electrons. The van der Waals surface area contributed by atoms with E-state index >= 15 is 0 Å². The number of nitrogens with zero attached hydrogens (tertiary/aromatic N) is 1. The van der Waals surface area contributed by atoms with Gasteiger partial charge in [0.2, 0.25) is 0 Å². The van der Waals surface area contributed by atoms with Crippen molar-refractivity contribution in [3.63, 3.8) is 0 Å². The van der Waals surface area contributed by atoms with Gasteiger partial charge in [-0.3, -0.25) is 4.90 Å². The molecule has 0 spiro atoms. The summed E-state index contributed by atoms with van der Waals surface area (Å²) in [6.45, 7) is 5.28. The third-order valence-corrected chi connectivity index (χ3v) is 3.65. The zero-order chi connectivity index (χ0) is 14.3. The molecule has 3 rings (SSSR count). The van der Waals surface area contributed by atoms with Gasteiger partial charge in [-0.15, -0.1) is 17.7 Å². The molecule has 0 amide bonds. The molecule has 2 aromatic carbocycles. The number of ether oxygens (including phenoxy) is 2. The van der Waals surface area contributed by atoms with Crippen molar-refractivity contribution >= 4 is 0 Å². The summed E-state index contributed by atoms with van der Waals surface area (Å²) in [7, 11) is 0. The van der Waals surface area contributed by atoms with Gasteiger partial charge in [0.1, 0.15) is 0 Å². The molecule has 0 aliphatic carbocycles. The van der Waals surface area contributed by atoms with Crippen molar-refractivity contribution in [1.82, 2.24) is 4.90 Å². The molecular formula is C18H20KNO2. The van der Waals surface area contributed by atoms with E-state index in [2.05, 4.69) is 35.2 Å². The summed E-state index contributed by atoms with van der Waals surface area (Å²) in [5, 5.41) is 0. The van der Waals surface area contributed by atoms with Crippen molar-refractivity contribution in [2.45, 2.75) is 0 Å². The Morgan fingerprint density at radius 2 is 1.82 bits per heavy atom. The fourth-order valence-electron chi connectivity index (χ4n) is 2.45. The van der Waals surface area contributed by atoms with Gasteiger partial charge in [0, 0.05) is 25.4 Å². The van der Waals surface area contributed by atoms with Crippen LogP contribution in [0.3, 0.4) is 0 Å². The van der Waals surface area contributed by atoms with E-state index in [-0.39, 0.29) is 51.4 Å². The van der Waals surface area contributed by atoms with Crippen molar-refractivity contribution < 1.29 is 60.9 Å². The average molecular weight is 321 g/mol. The molecule has 0 saturated carbocycles. The summed E-state index contributed by atoms with van der Waals surface area (Å²) in [6, 6.07) is 19.5. The molecule has 1 fully saturated rings. The Kier molecular flexibility index (Phi) is 8.10. The molecule has 0 aromatic heterocycles. The number of hydrogen-bond donors (Lipinski definition) is 0. The van der Waals surface area contributed by atoms with E-state index in [1.54, 1.807) is 0 Å². The Bertz CT molecular complexity index is 556. The molecular weight excluding hydrogens is 301 g/mol. The second-order valence-corrected chi connectivity index (χ2v) is 5.11. The summed E-state index contributed by atoms with van der Waals surface area (Å²) in [4.78, 5) is 2.37. The van der Waals surface area contributed by atoms with Gasteiger partial charge < -0.3 is 9.47 Å². The summed E-state index contributed by atoms with van der Waals surface area (Å²) in [6.07, 6.45) is 0. The number of hydrogen-bond acceptors (Lipinski definition) is 3. The summed E-state index contributed by atoms with van der Waals surface area (Å²) in [5.41, 5.74) is 2.36. The van der Waals surface area contributed by atoms with Gasteiger partial charge in [-0.2, -0.15) is 12.1 Å². The smallest absolute Gasteiger partial charge is 0.518 e. The number of rotatable bonds is 5. The Hall–Kier alpha value is -0.204. The minimum absolute atomic E-state index is 0. The van der Waals surface area contributed by atoms with Gasteiger partial charge in [0.05, 0.1) is 19.8 Å². The Morgan fingerprint density at radius 3 is 2.59 bits per heavy atom. The number of morpholine rings is 1. The summed E-state index contributed by atoms with van der Waals surface area (Å²) in [5.74, 6) is 0.810. The van der Waals surface area contributed by atoms with E-state index in [0.717, 1.165) is 44.2 Å². The van der Waals surface area contributed by atoms with Gasteiger partial charge in [0.15, 0.2) is 0 Å². The molecule has 1 aliphatic heterocycles. The minimum Gasteiger partial charge on any atom is -0.518 e. The maximum absolute atomic E-state index is 5.83. The predicted octanol–water partition coefficient (Wildman–Crippen LogP) is -0.131. The van der Waals surface area contributed by atoms with Gasteiger partial charge in [-0.1, -0.05) is 30.3 Å². The van der Waals surface area contributed by atoms with Crippen LogP contribution in [0.15, 0.2) is 48.5 Å². The first-order chi connectivity index (χ1) is 10.4.